The van der Waals surface area contributed by atoms with Gasteiger partial charge in [0.2, 0.25) is 0 Å². The highest BCUT2D eigenvalue weighted by Gasteiger charge is 2.19. The Balaban J connectivity index is 1.47. The predicted molar refractivity (Wildman–Crippen MR) is 117 cm³/mol. The number of thiophene rings is 1. The minimum atomic E-state index is -0.0273. The fourth-order valence-corrected chi connectivity index (χ4v) is 4.47. The molecular formula is C23H32N3O2S+. The van der Waals surface area contributed by atoms with E-state index < -0.39 is 0 Å². The summed E-state index contributed by atoms with van der Waals surface area (Å²) in [5.41, 5.74) is 4.04. The maximum atomic E-state index is 12.5. The number of carbonyl (C=O) groups is 2. The van der Waals surface area contributed by atoms with Gasteiger partial charge < -0.3 is 15.5 Å². The molecule has 29 heavy (non-hydrogen) atoms. The van der Waals surface area contributed by atoms with Gasteiger partial charge in [-0.2, -0.15) is 0 Å². The van der Waals surface area contributed by atoms with Crippen LogP contribution in [-0.4, -0.2) is 31.4 Å². The number of nitrogens with one attached hydrogen (secondary N) is 3. The highest BCUT2D eigenvalue weighted by atomic mass is 32.1. The van der Waals surface area contributed by atoms with Crippen molar-refractivity contribution in [1.29, 1.82) is 0 Å². The summed E-state index contributed by atoms with van der Waals surface area (Å²) in [4.78, 5) is 26.9. The molecule has 2 amide bonds. The van der Waals surface area contributed by atoms with Gasteiger partial charge in [-0.3, -0.25) is 9.59 Å². The van der Waals surface area contributed by atoms with Crippen molar-refractivity contribution in [2.45, 2.75) is 52.1 Å². The average molecular weight is 415 g/mol. The Morgan fingerprint density at radius 2 is 1.86 bits per heavy atom. The van der Waals surface area contributed by atoms with E-state index in [4.69, 9.17) is 0 Å². The van der Waals surface area contributed by atoms with E-state index in [9.17, 15) is 9.59 Å². The normalized spacial score (nSPS) is 15.2. The van der Waals surface area contributed by atoms with Crippen LogP contribution in [0.2, 0.25) is 0 Å². The zero-order valence-corrected chi connectivity index (χ0v) is 18.2. The molecule has 3 rings (SSSR count). The van der Waals surface area contributed by atoms with Gasteiger partial charge in [-0.25, -0.2) is 0 Å². The number of aryl methyl sites for hydroxylation is 2. The molecule has 156 valence electrons. The number of amides is 2. The first kappa shape index (κ1) is 21.5. The third-order valence-corrected chi connectivity index (χ3v) is 6.49. The first-order chi connectivity index (χ1) is 14.0. The van der Waals surface area contributed by atoms with Crippen molar-refractivity contribution in [2.75, 3.05) is 19.6 Å². The van der Waals surface area contributed by atoms with Crippen LogP contribution in [0.15, 0.2) is 35.7 Å². The van der Waals surface area contributed by atoms with Crippen molar-refractivity contribution in [2.24, 2.45) is 0 Å². The molecule has 1 aromatic carbocycles. The molecule has 1 unspecified atom stereocenters. The van der Waals surface area contributed by atoms with Crippen LogP contribution in [0, 0.1) is 0 Å². The lowest BCUT2D eigenvalue weighted by atomic mass is 9.89. The fourth-order valence-electron chi connectivity index (χ4n) is 3.83. The van der Waals surface area contributed by atoms with Gasteiger partial charge in [0.1, 0.15) is 0 Å². The Labute approximate surface area is 177 Å². The molecule has 0 spiro atoms. The summed E-state index contributed by atoms with van der Waals surface area (Å²) < 4.78 is 0. The van der Waals surface area contributed by atoms with Gasteiger partial charge in [0.25, 0.3) is 11.8 Å². The molecule has 2 atom stereocenters. The maximum Gasteiger partial charge on any atom is 0.275 e. The fraction of sp³-hybridized carbons (Fsp3) is 0.478. The standard InChI is InChI=1S/C23H31N3O2S/c1-3-26(15-22(27)24-14-21-9-6-12-29-21)16-23(28)25-17(2)19-11-10-18-7-4-5-8-20(18)13-19/h6,9-13,17H,3-5,7-8,14-16H2,1-2H3,(H,24,27)(H,25,28)/p+1/t17-/m0/s1. The molecule has 0 radical (unpaired) electrons. The van der Waals surface area contributed by atoms with Gasteiger partial charge in [0, 0.05) is 4.88 Å². The van der Waals surface area contributed by atoms with Crippen molar-refractivity contribution in [3.8, 4) is 0 Å². The molecule has 0 saturated carbocycles. The summed E-state index contributed by atoms with van der Waals surface area (Å²) in [5.74, 6) is -0.0380. The van der Waals surface area contributed by atoms with Crippen molar-refractivity contribution >= 4 is 23.2 Å². The average Bonchev–Trinajstić information content (AvgIpc) is 3.25. The third kappa shape index (κ3) is 6.41. The number of hydrogen-bond donors (Lipinski definition) is 3. The van der Waals surface area contributed by atoms with Gasteiger partial charge in [-0.05, 0) is 67.7 Å². The van der Waals surface area contributed by atoms with Crippen LogP contribution in [0.1, 0.15) is 54.3 Å². The zero-order chi connectivity index (χ0) is 20.6. The van der Waals surface area contributed by atoms with E-state index in [-0.39, 0.29) is 17.9 Å². The zero-order valence-electron chi connectivity index (χ0n) is 17.4. The molecule has 2 aromatic rings. The van der Waals surface area contributed by atoms with Gasteiger partial charge in [0.15, 0.2) is 13.1 Å². The molecule has 0 aliphatic heterocycles. The first-order valence-corrected chi connectivity index (χ1v) is 11.5. The Bertz CT molecular complexity index is 820. The Morgan fingerprint density at radius 1 is 1.10 bits per heavy atom. The topological polar surface area (TPSA) is 62.6 Å². The van der Waals surface area contributed by atoms with Crippen LogP contribution < -0.4 is 15.5 Å². The Hall–Kier alpha value is -2.18. The van der Waals surface area contributed by atoms with E-state index in [2.05, 4.69) is 28.8 Å². The number of fused-ring (bicyclic) bond motifs is 1. The van der Waals surface area contributed by atoms with Crippen LogP contribution in [0.4, 0.5) is 0 Å². The summed E-state index contributed by atoms with van der Waals surface area (Å²) >= 11 is 1.63. The molecule has 3 N–H and O–H groups in total. The molecular weight excluding hydrogens is 382 g/mol. The summed E-state index contributed by atoms with van der Waals surface area (Å²) in [6, 6.07) is 10.6. The second-order valence-corrected chi connectivity index (χ2v) is 8.87. The lowest BCUT2D eigenvalue weighted by molar-refractivity contribution is -0.881. The van der Waals surface area contributed by atoms with Gasteiger partial charge in [-0.1, -0.05) is 24.3 Å². The highest BCUT2D eigenvalue weighted by molar-refractivity contribution is 7.09. The molecule has 1 aliphatic rings. The van der Waals surface area contributed by atoms with E-state index >= 15 is 0 Å². The minimum Gasteiger partial charge on any atom is -0.346 e. The lowest BCUT2D eigenvalue weighted by Crippen LogP contribution is -3.14. The molecule has 1 aliphatic carbocycles. The van der Waals surface area contributed by atoms with Crippen LogP contribution in [0.5, 0.6) is 0 Å². The number of benzene rings is 1. The summed E-state index contributed by atoms with van der Waals surface area (Å²) in [5, 5.41) is 8.04. The van der Waals surface area contributed by atoms with Crippen molar-refractivity contribution in [3.05, 3.63) is 57.3 Å². The Morgan fingerprint density at radius 3 is 2.59 bits per heavy atom. The minimum absolute atomic E-state index is 0.0156. The van der Waals surface area contributed by atoms with E-state index in [0.717, 1.165) is 28.3 Å². The largest absolute Gasteiger partial charge is 0.346 e. The molecule has 1 aromatic heterocycles. The molecule has 5 nitrogen and oxygen atoms in total. The van der Waals surface area contributed by atoms with Gasteiger partial charge >= 0.3 is 0 Å². The predicted octanol–water partition coefficient (Wildman–Crippen LogP) is 2.03. The number of quaternary nitrogens is 1. The summed E-state index contributed by atoms with van der Waals surface area (Å²) in [6.45, 7) is 5.92. The second-order valence-electron chi connectivity index (χ2n) is 7.84. The van der Waals surface area contributed by atoms with Crippen LogP contribution in [0.3, 0.4) is 0 Å². The van der Waals surface area contributed by atoms with E-state index in [1.54, 1.807) is 11.3 Å². The molecule has 0 fully saturated rings. The van der Waals surface area contributed by atoms with Crippen molar-refractivity contribution in [3.63, 3.8) is 0 Å². The number of hydrogen-bond acceptors (Lipinski definition) is 3. The van der Waals surface area contributed by atoms with Crippen molar-refractivity contribution < 1.29 is 14.5 Å². The monoisotopic (exact) mass is 414 g/mol. The van der Waals surface area contributed by atoms with Crippen LogP contribution >= 0.6 is 11.3 Å². The number of rotatable bonds is 9. The summed E-state index contributed by atoms with van der Waals surface area (Å²) in [7, 11) is 0. The van der Waals surface area contributed by atoms with Crippen molar-refractivity contribution in [1.82, 2.24) is 10.6 Å². The number of likely N-dealkylation sites (N-methyl/N-ethyl adjacent to an activating group) is 1. The van der Waals surface area contributed by atoms with E-state index in [1.165, 1.54) is 30.4 Å². The van der Waals surface area contributed by atoms with E-state index in [0.29, 0.717) is 19.6 Å². The molecule has 6 heteroatoms. The molecule has 0 bridgehead atoms. The Kier molecular flexibility index (Phi) is 7.83. The van der Waals surface area contributed by atoms with Crippen LogP contribution in [-0.2, 0) is 29.0 Å². The van der Waals surface area contributed by atoms with Crippen LogP contribution in [0.25, 0.3) is 0 Å². The summed E-state index contributed by atoms with van der Waals surface area (Å²) in [6.07, 6.45) is 4.83. The lowest BCUT2D eigenvalue weighted by Gasteiger charge is -2.21. The maximum absolute atomic E-state index is 12.5. The SMILES string of the molecule is CC[NH+](CC(=O)NCc1cccs1)CC(=O)N[C@@H](C)c1ccc2c(c1)CCCC2. The quantitative estimate of drug-likeness (QED) is 0.588. The highest BCUT2D eigenvalue weighted by Crippen LogP contribution is 2.24. The van der Waals surface area contributed by atoms with Gasteiger partial charge in [0.05, 0.1) is 19.1 Å². The molecule has 0 saturated heterocycles. The van der Waals surface area contributed by atoms with E-state index in [1.807, 2.05) is 31.4 Å². The number of carbonyl (C=O) groups excluding carboxylic acids is 2. The van der Waals surface area contributed by atoms with Gasteiger partial charge in [-0.15, -0.1) is 11.3 Å². The smallest absolute Gasteiger partial charge is 0.275 e. The third-order valence-electron chi connectivity index (χ3n) is 5.61. The second kappa shape index (κ2) is 10.6. The molecule has 1 heterocycles. The first-order valence-electron chi connectivity index (χ1n) is 10.6.